The largest absolute Gasteiger partial charge is 0.473 e. The zero-order valence-corrected chi connectivity index (χ0v) is 15.1. The SMILES string of the molecule is O=C(O)C(=O)O.O=C(c1ccccc1F)N1CCN(C2CCCCC2)CC1. The maximum atomic E-state index is 13.7. The van der Waals surface area contributed by atoms with E-state index < -0.39 is 17.8 Å². The summed E-state index contributed by atoms with van der Waals surface area (Å²) < 4.78 is 13.7. The number of benzene rings is 1. The van der Waals surface area contributed by atoms with Crippen molar-refractivity contribution in [2.75, 3.05) is 26.2 Å². The minimum Gasteiger partial charge on any atom is -0.473 e. The van der Waals surface area contributed by atoms with Crippen molar-refractivity contribution < 1.29 is 29.0 Å². The van der Waals surface area contributed by atoms with Crippen LogP contribution in [0.3, 0.4) is 0 Å². The van der Waals surface area contributed by atoms with Crippen LogP contribution in [-0.4, -0.2) is 70.1 Å². The third kappa shape index (κ3) is 6.02. The molecule has 1 aromatic carbocycles. The number of carbonyl (C=O) groups excluding carboxylic acids is 1. The number of hydrogen-bond donors (Lipinski definition) is 2. The summed E-state index contributed by atoms with van der Waals surface area (Å²) in [6.07, 6.45) is 6.61. The lowest BCUT2D eigenvalue weighted by Crippen LogP contribution is -2.52. The van der Waals surface area contributed by atoms with Gasteiger partial charge < -0.3 is 15.1 Å². The number of amides is 1. The Morgan fingerprint density at radius 1 is 0.889 bits per heavy atom. The third-order valence-corrected chi connectivity index (χ3v) is 4.98. The average molecular weight is 380 g/mol. The quantitative estimate of drug-likeness (QED) is 0.763. The summed E-state index contributed by atoms with van der Waals surface area (Å²) in [5.74, 6) is -4.24. The Kier molecular flexibility index (Phi) is 7.72. The number of carbonyl (C=O) groups is 3. The second-order valence-electron chi connectivity index (χ2n) is 6.71. The van der Waals surface area contributed by atoms with Gasteiger partial charge in [-0.25, -0.2) is 14.0 Å². The molecule has 8 heteroatoms. The van der Waals surface area contributed by atoms with E-state index in [4.69, 9.17) is 19.8 Å². The van der Waals surface area contributed by atoms with E-state index in [0.29, 0.717) is 19.1 Å². The van der Waals surface area contributed by atoms with E-state index in [9.17, 15) is 9.18 Å². The van der Waals surface area contributed by atoms with E-state index in [1.54, 1.807) is 23.1 Å². The van der Waals surface area contributed by atoms with Crippen molar-refractivity contribution >= 4 is 17.8 Å². The van der Waals surface area contributed by atoms with Crippen LogP contribution in [-0.2, 0) is 9.59 Å². The number of nitrogens with zero attached hydrogens (tertiary/aromatic N) is 2. The zero-order valence-electron chi connectivity index (χ0n) is 15.1. The number of carboxylic acid groups (broad SMARTS) is 2. The van der Waals surface area contributed by atoms with Crippen molar-refractivity contribution in [3.8, 4) is 0 Å². The van der Waals surface area contributed by atoms with Crippen molar-refractivity contribution in [3.05, 3.63) is 35.6 Å². The Balaban J connectivity index is 0.000000380. The van der Waals surface area contributed by atoms with Crippen LogP contribution in [0.5, 0.6) is 0 Å². The van der Waals surface area contributed by atoms with Crippen LogP contribution in [0.4, 0.5) is 4.39 Å². The number of hydrogen-bond acceptors (Lipinski definition) is 4. The second-order valence-corrected chi connectivity index (χ2v) is 6.71. The maximum Gasteiger partial charge on any atom is 0.414 e. The molecule has 1 saturated carbocycles. The molecule has 1 aliphatic carbocycles. The van der Waals surface area contributed by atoms with Gasteiger partial charge in [0.05, 0.1) is 5.56 Å². The monoisotopic (exact) mass is 380 g/mol. The molecule has 1 aliphatic heterocycles. The number of rotatable bonds is 2. The fraction of sp³-hybridized carbons (Fsp3) is 0.526. The maximum absolute atomic E-state index is 13.7. The van der Waals surface area contributed by atoms with Gasteiger partial charge in [-0.05, 0) is 25.0 Å². The van der Waals surface area contributed by atoms with Gasteiger partial charge in [-0.15, -0.1) is 0 Å². The van der Waals surface area contributed by atoms with Crippen molar-refractivity contribution in [2.45, 2.75) is 38.1 Å². The highest BCUT2D eigenvalue weighted by atomic mass is 19.1. The fourth-order valence-electron chi connectivity index (χ4n) is 3.54. The highest BCUT2D eigenvalue weighted by molar-refractivity contribution is 6.27. The average Bonchev–Trinajstić information content (AvgIpc) is 2.69. The highest BCUT2D eigenvalue weighted by Gasteiger charge is 2.28. The minimum atomic E-state index is -1.82. The second kappa shape index (κ2) is 10.0. The summed E-state index contributed by atoms with van der Waals surface area (Å²) >= 11 is 0. The molecule has 0 spiro atoms. The molecule has 2 aliphatic rings. The zero-order chi connectivity index (χ0) is 19.8. The Morgan fingerprint density at radius 3 is 1.96 bits per heavy atom. The van der Waals surface area contributed by atoms with Crippen molar-refractivity contribution in [1.82, 2.24) is 9.80 Å². The number of carboxylic acids is 2. The van der Waals surface area contributed by atoms with Gasteiger partial charge in [0.25, 0.3) is 5.91 Å². The molecular weight excluding hydrogens is 355 g/mol. The molecule has 148 valence electrons. The van der Waals surface area contributed by atoms with Gasteiger partial charge in [-0.2, -0.15) is 0 Å². The van der Waals surface area contributed by atoms with Crippen LogP contribution in [0.15, 0.2) is 24.3 Å². The summed E-state index contributed by atoms with van der Waals surface area (Å²) in [6, 6.07) is 6.96. The molecule has 0 unspecified atom stereocenters. The van der Waals surface area contributed by atoms with E-state index in [0.717, 1.165) is 13.1 Å². The lowest BCUT2D eigenvalue weighted by Gasteiger charge is -2.40. The normalized spacial score (nSPS) is 18.3. The number of halogens is 1. The summed E-state index contributed by atoms with van der Waals surface area (Å²) in [7, 11) is 0. The lowest BCUT2D eigenvalue weighted by molar-refractivity contribution is -0.159. The Bertz CT molecular complexity index is 656. The van der Waals surface area contributed by atoms with Crippen LogP contribution >= 0.6 is 0 Å². The van der Waals surface area contributed by atoms with E-state index in [2.05, 4.69) is 4.90 Å². The van der Waals surface area contributed by atoms with E-state index in [1.165, 1.54) is 38.2 Å². The molecule has 27 heavy (non-hydrogen) atoms. The molecule has 7 nitrogen and oxygen atoms in total. The molecule has 2 N–H and O–H groups in total. The smallest absolute Gasteiger partial charge is 0.414 e. The van der Waals surface area contributed by atoms with Gasteiger partial charge in [0, 0.05) is 32.2 Å². The van der Waals surface area contributed by atoms with Crippen molar-refractivity contribution in [2.24, 2.45) is 0 Å². The van der Waals surface area contributed by atoms with Crippen molar-refractivity contribution in [3.63, 3.8) is 0 Å². The molecule has 3 rings (SSSR count). The van der Waals surface area contributed by atoms with Gasteiger partial charge in [0.15, 0.2) is 0 Å². The molecule has 0 atom stereocenters. The first-order valence-electron chi connectivity index (χ1n) is 9.14. The first-order chi connectivity index (χ1) is 12.9. The van der Waals surface area contributed by atoms with Crippen LogP contribution in [0, 0.1) is 5.82 Å². The third-order valence-electron chi connectivity index (χ3n) is 4.98. The standard InChI is InChI=1S/C17H23FN2O.C2H2O4/c18-16-9-5-4-8-15(16)17(21)20-12-10-19(11-13-20)14-6-2-1-3-7-14;3-1(4)2(5)6/h4-5,8-9,14H,1-3,6-7,10-13H2;(H,3,4)(H,5,6). The summed E-state index contributed by atoms with van der Waals surface area (Å²) in [5, 5.41) is 14.8. The van der Waals surface area contributed by atoms with Gasteiger partial charge in [0.2, 0.25) is 0 Å². The molecule has 1 aromatic rings. The highest BCUT2D eigenvalue weighted by Crippen LogP contribution is 2.24. The first kappa shape index (κ1) is 20.8. The van der Waals surface area contributed by atoms with Crippen LogP contribution < -0.4 is 0 Å². The fourth-order valence-corrected chi connectivity index (χ4v) is 3.54. The van der Waals surface area contributed by atoms with Gasteiger partial charge in [-0.3, -0.25) is 9.69 Å². The lowest BCUT2D eigenvalue weighted by atomic mass is 9.94. The molecule has 0 radical (unpaired) electrons. The predicted molar refractivity (Wildman–Crippen MR) is 96.0 cm³/mol. The minimum absolute atomic E-state index is 0.170. The molecule has 0 bridgehead atoms. The summed E-state index contributed by atoms with van der Waals surface area (Å²) in [6.45, 7) is 3.27. The Labute approximate surface area is 157 Å². The number of aliphatic carboxylic acids is 2. The van der Waals surface area contributed by atoms with E-state index >= 15 is 0 Å². The van der Waals surface area contributed by atoms with Crippen LogP contribution in [0.1, 0.15) is 42.5 Å². The molecular formula is C19H25FN2O5. The molecule has 0 aromatic heterocycles. The first-order valence-corrected chi connectivity index (χ1v) is 9.14. The molecule has 2 fully saturated rings. The molecule has 1 saturated heterocycles. The van der Waals surface area contributed by atoms with E-state index in [1.807, 2.05) is 0 Å². The van der Waals surface area contributed by atoms with Gasteiger partial charge in [-0.1, -0.05) is 31.4 Å². The molecule has 1 heterocycles. The Morgan fingerprint density at radius 2 is 1.44 bits per heavy atom. The van der Waals surface area contributed by atoms with E-state index in [-0.39, 0.29) is 11.5 Å². The summed E-state index contributed by atoms with van der Waals surface area (Å²) in [4.78, 5) is 34.9. The van der Waals surface area contributed by atoms with Crippen LogP contribution in [0.25, 0.3) is 0 Å². The topological polar surface area (TPSA) is 98.1 Å². The molecule has 1 amide bonds. The number of piperazine rings is 1. The van der Waals surface area contributed by atoms with Gasteiger partial charge in [0.1, 0.15) is 5.82 Å². The van der Waals surface area contributed by atoms with Gasteiger partial charge >= 0.3 is 11.9 Å². The summed E-state index contributed by atoms with van der Waals surface area (Å²) in [5.41, 5.74) is 0.198. The van der Waals surface area contributed by atoms with Crippen molar-refractivity contribution in [1.29, 1.82) is 0 Å². The van der Waals surface area contributed by atoms with Crippen LogP contribution in [0.2, 0.25) is 0 Å². The Hall–Kier alpha value is -2.48. The predicted octanol–water partition coefficient (Wildman–Crippen LogP) is 2.07.